The monoisotopic (exact) mass is 538 g/mol. The number of fused-ring (bicyclic) bond motifs is 1. The zero-order chi connectivity index (χ0) is 27.6. The molecular weight excluding hydrogens is 512 g/mol. The van der Waals surface area contributed by atoms with E-state index in [0.29, 0.717) is 33.9 Å². The number of carbonyl (C=O) groups excluding carboxylic acids is 2. The van der Waals surface area contributed by atoms with E-state index in [9.17, 15) is 18.0 Å². The summed E-state index contributed by atoms with van der Waals surface area (Å²) in [4.78, 5) is 26.7. The van der Waals surface area contributed by atoms with Crippen LogP contribution in [0.15, 0.2) is 108 Å². The second kappa shape index (κ2) is 10.5. The van der Waals surface area contributed by atoms with Gasteiger partial charge in [0, 0.05) is 42.3 Å². The SMILES string of the molecule is CC(=O)N(C)c1ccc(N/C(=C2/C(=O)Nc3ccc(NS(=O)(=O)c4ccccc4)cc32)c2ccccc2)cc1. The van der Waals surface area contributed by atoms with Crippen LogP contribution in [0.5, 0.6) is 0 Å². The van der Waals surface area contributed by atoms with E-state index in [1.54, 1.807) is 48.3 Å². The van der Waals surface area contributed by atoms with E-state index in [1.807, 2.05) is 54.6 Å². The van der Waals surface area contributed by atoms with Gasteiger partial charge in [-0.1, -0.05) is 48.5 Å². The van der Waals surface area contributed by atoms with Crippen molar-refractivity contribution in [2.45, 2.75) is 11.8 Å². The Balaban J connectivity index is 1.56. The fraction of sp³-hybridized carbons (Fsp3) is 0.0667. The van der Waals surface area contributed by atoms with E-state index in [2.05, 4.69) is 15.4 Å². The highest BCUT2D eigenvalue weighted by molar-refractivity contribution is 7.92. The molecule has 4 aromatic rings. The summed E-state index contributed by atoms with van der Waals surface area (Å²) >= 11 is 0. The summed E-state index contributed by atoms with van der Waals surface area (Å²) in [6.45, 7) is 1.49. The van der Waals surface area contributed by atoms with Crippen molar-refractivity contribution in [2.24, 2.45) is 0 Å². The second-order valence-corrected chi connectivity index (χ2v) is 10.7. The van der Waals surface area contributed by atoms with Gasteiger partial charge < -0.3 is 15.5 Å². The number of hydrogen-bond donors (Lipinski definition) is 3. The van der Waals surface area contributed by atoms with Crippen LogP contribution in [0.25, 0.3) is 11.3 Å². The number of amides is 2. The Morgan fingerprint density at radius 1 is 0.821 bits per heavy atom. The number of carbonyl (C=O) groups is 2. The van der Waals surface area contributed by atoms with E-state index in [-0.39, 0.29) is 16.7 Å². The van der Waals surface area contributed by atoms with Crippen LogP contribution in [0.2, 0.25) is 0 Å². The Morgan fingerprint density at radius 3 is 2.08 bits per heavy atom. The molecule has 0 fully saturated rings. The lowest BCUT2D eigenvalue weighted by Crippen LogP contribution is -2.22. The van der Waals surface area contributed by atoms with Gasteiger partial charge >= 0.3 is 0 Å². The molecule has 3 N–H and O–H groups in total. The van der Waals surface area contributed by atoms with Gasteiger partial charge in [-0.05, 0) is 60.2 Å². The molecule has 39 heavy (non-hydrogen) atoms. The fourth-order valence-electron chi connectivity index (χ4n) is 4.27. The highest BCUT2D eigenvalue weighted by Gasteiger charge is 2.29. The molecule has 1 heterocycles. The van der Waals surface area contributed by atoms with Gasteiger partial charge in [-0.2, -0.15) is 0 Å². The third kappa shape index (κ3) is 5.39. The maximum absolute atomic E-state index is 13.3. The summed E-state index contributed by atoms with van der Waals surface area (Å²) in [7, 11) is -2.12. The first-order valence-electron chi connectivity index (χ1n) is 12.2. The Morgan fingerprint density at radius 2 is 1.44 bits per heavy atom. The molecule has 0 unspecified atom stereocenters. The normalized spacial score (nSPS) is 13.7. The molecule has 0 atom stereocenters. The van der Waals surface area contributed by atoms with Crippen molar-refractivity contribution >= 4 is 55.9 Å². The van der Waals surface area contributed by atoms with Crippen molar-refractivity contribution in [3.63, 3.8) is 0 Å². The molecule has 9 heteroatoms. The van der Waals surface area contributed by atoms with Gasteiger partial charge in [0.2, 0.25) is 5.91 Å². The molecular formula is C30H26N4O4S. The summed E-state index contributed by atoms with van der Waals surface area (Å²) in [6.07, 6.45) is 0. The molecule has 0 bridgehead atoms. The predicted molar refractivity (Wildman–Crippen MR) is 155 cm³/mol. The number of nitrogens with one attached hydrogen (secondary N) is 3. The predicted octanol–water partition coefficient (Wildman–Crippen LogP) is 5.40. The van der Waals surface area contributed by atoms with Crippen LogP contribution in [0.4, 0.5) is 22.7 Å². The average Bonchev–Trinajstić information content (AvgIpc) is 3.27. The topological polar surface area (TPSA) is 108 Å². The highest BCUT2D eigenvalue weighted by atomic mass is 32.2. The minimum absolute atomic E-state index is 0.0827. The van der Waals surface area contributed by atoms with E-state index in [1.165, 1.54) is 19.1 Å². The van der Waals surface area contributed by atoms with Crippen molar-refractivity contribution < 1.29 is 18.0 Å². The molecule has 0 radical (unpaired) electrons. The van der Waals surface area contributed by atoms with E-state index in [4.69, 9.17) is 0 Å². The van der Waals surface area contributed by atoms with Crippen molar-refractivity contribution in [3.05, 3.63) is 114 Å². The first-order chi connectivity index (χ1) is 18.7. The standard InChI is InChI=1S/C30H26N4O4S/c1-20(35)34(2)24-16-13-22(14-17-24)31-29(21-9-5-3-6-10-21)28-26-19-23(15-18-27(26)32-30(28)36)33-39(37,38)25-11-7-4-8-12-25/h3-19,31,33H,1-2H3,(H,32,36)/b29-28+. The maximum atomic E-state index is 13.3. The van der Waals surface area contributed by atoms with Crippen molar-refractivity contribution in [1.29, 1.82) is 0 Å². The third-order valence-electron chi connectivity index (χ3n) is 6.38. The Labute approximate surface area is 227 Å². The summed E-state index contributed by atoms with van der Waals surface area (Å²) in [5.41, 5.74) is 4.63. The molecule has 4 aromatic carbocycles. The molecule has 0 spiro atoms. The second-order valence-electron chi connectivity index (χ2n) is 9.00. The first-order valence-corrected chi connectivity index (χ1v) is 13.7. The molecule has 0 saturated carbocycles. The van der Waals surface area contributed by atoms with Gasteiger partial charge in [-0.25, -0.2) is 8.42 Å². The number of anilines is 4. The lowest BCUT2D eigenvalue weighted by molar-refractivity contribution is -0.116. The van der Waals surface area contributed by atoms with Crippen LogP contribution in [0.3, 0.4) is 0 Å². The number of hydrogen-bond acceptors (Lipinski definition) is 5. The molecule has 1 aliphatic rings. The van der Waals surface area contributed by atoms with Gasteiger partial charge in [0.1, 0.15) is 0 Å². The van der Waals surface area contributed by atoms with Gasteiger partial charge in [-0.3, -0.25) is 14.3 Å². The minimum atomic E-state index is -3.82. The van der Waals surface area contributed by atoms with Crippen molar-refractivity contribution in [1.82, 2.24) is 0 Å². The van der Waals surface area contributed by atoms with Gasteiger partial charge in [0.25, 0.3) is 15.9 Å². The van der Waals surface area contributed by atoms with Crippen LogP contribution in [0, 0.1) is 0 Å². The third-order valence-corrected chi connectivity index (χ3v) is 7.78. The molecule has 196 valence electrons. The molecule has 0 aliphatic carbocycles. The lowest BCUT2D eigenvalue weighted by Gasteiger charge is -2.18. The van der Waals surface area contributed by atoms with E-state index in [0.717, 1.165) is 11.3 Å². The van der Waals surface area contributed by atoms with Crippen LogP contribution in [-0.2, 0) is 19.6 Å². The number of sulfonamides is 1. The molecule has 1 aliphatic heterocycles. The van der Waals surface area contributed by atoms with Gasteiger partial charge in [-0.15, -0.1) is 0 Å². The lowest BCUT2D eigenvalue weighted by atomic mass is 9.99. The van der Waals surface area contributed by atoms with Gasteiger partial charge in [0.15, 0.2) is 0 Å². The van der Waals surface area contributed by atoms with Crippen LogP contribution < -0.4 is 20.3 Å². The zero-order valence-electron chi connectivity index (χ0n) is 21.3. The summed E-state index contributed by atoms with van der Waals surface area (Å²) in [6, 6.07) is 29.7. The Bertz CT molecular complexity index is 1680. The average molecular weight is 539 g/mol. The fourth-order valence-corrected chi connectivity index (χ4v) is 5.34. The van der Waals surface area contributed by atoms with Crippen molar-refractivity contribution in [3.8, 4) is 0 Å². The molecule has 0 saturated heterocycles. The zero-order valence-corrected chi connectivity index (χ0v) is 22.1. The molecule has 5 rings (SSSR count). The summed E-state index contributed by atoms with van der Waals surface area (Å²) in [5, 5.41) is 6.26. The van der Waals surface area contributed by atoms with Crippen LogP contribution in [0.1, 0.15) is 18.1 Å². The number of nitrogens with zero attached hydrogens (tertiary/aromatic N) is 1. The Kier molecular flexibility index (Phi) is 6.91. The minimum Gasteiger partial charge on any atom is -0.354 e. The molecule has 8 nitrogen and oxygen atoms in total. The first kappa shape index (κ1) is 25.7. The molecule has 0 aromatic heterocycles. The number of benzene rings is 4. The van der Waals surface area contributed by atoms with Crippen molar-refractivity contribution in [2.75, 3.05) is 27.3 Å². The van der Waals surface area contributed by atoms with E-state index < -0.39 is 10.0 Å². The molecule has 2 amide bonds. The van der Waals surface area contributed by atoms with Crippen LogP contribution >= 0.6 is 0 Å². The van der Waals surface area contributed by atoms with Crippen LogP contribution in [-0.4, -0.2) is 27.3 Å². The van der Waals surface area contributed by atoms with E-state index >= 15 is 0 Å². The maximum Gasteiger partial charge on any atom is 0.261 e. The Hall–Kier alpha value is -4.89. The smallest absolute Gasteiger partial charge is 0.261 e. The quantitative estimate of drug-likeness (QED) is 0.273. The summed E-state index contributed by atoms with van der Waals surface area (Å²) in [5.74, 6) is -0.395. The number of rotatable bonds is 7. The largest absolute Gasteiger partial charge is 0.354 e. The van der Waals surface area contributed by atoms with Gasteiger partial charge in [0.05, 0.1) is 16.2 Å². The highest BCUT2D eigenvalue weighted by Crippen LogP contribution is 2.39. The summed E-state index contributed by atoms with van der Waals surface area (Å²) < 4.78 is 28.5.